The van der Waals surface area contributed by atoms with E-state index in [1.165, 1.54) is 62.3 Å². The number of aromatic carboxylic acids is 1. The van der Waals surface area contributed by atoms with E-state index < -0.39 is 5.97 Å². The number of carbonyl (C=O) groups is 2. The fraction of sp³-hybridized carbons (Fsp3) is 0.562. The van der Waals surface area contributed by atoms with Crippen LogP contribution in [-0.4, -0.2) is 36.7 Å². The third-order valence-corrected chi connectivity index (χ3v) is 8.12. The van der Waals surface area contributed by atoms with Crippen molar-refractivity contribution in [3.05, 3.63) is 59.2 Å². The lowest BCUT2D eigenvalue weighted by Crippen LogP contribution is -2.41. The van der Waals surface area contributed by atoms with E-state index in [2.05, 4.69) is 48.3 Å². The molecule has 206 valence electrons. The first-order valence-corrected chi connectivity index (χ1v) is 14.4. The molecule has 2 N–H and O–H groups in total. The van der Waals surface area contributed by atoms with Crippen LogP contribution in [0.25, 0.3) is 0 Å². The lowest BCUT2D eigenvalue weighted by Gasteiger charge is -2.41. The van der Waals surface area contributed by atoms with Gasteiger partial charge in [0.25, 0.3) is 0 Å². The Balaban J connectivity index is 1.57. The van der Waals surface area contributed by atoms with Crippen molar-refractivity contribution in [1.82, 2.24) is 5.32 Å². The second-order valence-corrected chi connectivity index (χ2v) is 11.9. The molecule has 1 amide bonds. The summed E-state index contributed by atoms with van der Waals surface area (Å²) in [7, 11) is 0. The molecule has 0 bridgehead atoms. The van der Waals surface area contributed by atoms with Crippen molar-refractivity contribution >= 4 is 17.6 Å². The van der Waals surface area contributed by atoms with Crippen molar-refractivity contribution in [1.29, 1.82) is 0 Å². The molecule has 2 aromatic carbocycles. The smallest absolute Gasteiger partial charge is 0.339 e. The first-order valence-electron chi connectivity index (χ1n) is 14.4. The van der Waals surface area contributed by atoms with Crippen molar-refractivity contribution in [3.8, 4) is 5.75 Å². The molecule has 38 heavy (non-hydrogen) atoms. The average molecular weight is 521 g/mol. The largest absolute Gasteiger partial charge is 0.493 e. The molecule has 6 nitrogen and oxygen atoms in total. The van der Waals surface area contributed by atoms with E-state index in [4.69, 9.17) is 4.74 Å². The summed E-state index contributed by atoms with van der Waals surface area (Å²) in [6, 6.07) is 13.5. The standard InChI is InChI=1S/C32H44N2O4/c1-4-38-29-20-24(15-16-26(29)31(36)37)21-30(35)33-27(19-23-11-6-5-7-12-23)25-13-8-9-14-28(25)34-18-10-17-32(2,3)22-34/h8-9,13-16,20,23,27H,4-7,10-12,17-19,21-22H2,1-3H3,(H,33,35)(H,36,37). The van der Waals surface area contributed by atoms with Gasteiger partial charge in [0.15, 0.2) is 0 Å². The molecule has 1 aliphatic heterocycles. The minimum atomic E-state index is -1.03. The van der Waals surface area contributed by atoms with Crippen LogP contribution in [0.4, 0.5) is 5.69 Å². The van der Waals surface area contributed by atoms with E-state index in [0.717, 1.165) is 25.1 Å². The fourth-order valence-corrected chi connectivity index (χ4v) is 6.28. The number of carbonyl (C=O) groups excluding carboxylic acids is 1. The summed E-state index contributed by atoms with van der Waals surface area (Å²) in [5, 5.41) is 12.9. The van der Waals surface area contributed by atoms with E-state index in [1.54, 1.807) is 12.1 Å². The van der Waals surface area contributed by atoms with Gasteiger partial charge in [0.2, 0.25) is 5.91 Å². The van der Waals surface area contributed by atoms with Crippen LogP contribution < -0.4 is 15.0 Å². The molecule has 1 saturated heterocycles. The van der Waals surface area contributed by atoms with Crippen LogP contribution in [0.15, 0.2) is 42.5 Å². The number of carboxylic acid groups (broad SMARTS) is 1. The first kappa shape index (κ1) is 28.0. The minimum Gasteiger partial charge on any atom is -0.493 e. The van der Waals surface area contributed by atoms with Crippen molar-refractivity contribution in [2.75, 3.05) is 24.6 Å². The van der Waals surface area contributed by atoms with Gasteiger partial charge in [-0.2, -0.15) is 0 Å². The highest BCUT2D eigenvalue weighted by molar-refractivity contribution is 5.91. The second-order valence-electron chi connectivity index (χ2n) is 11.9. The lowest BCUT2D eigenvalue weighted by atomic mass is 9.81. The number of anilines is 1. The Hall–Kier alpha value is -3.02. The van der Waals surface area contributed by atoms with Gasteiger partial charge in [0, 0.05) is 18.8 Å². The minimum absolute atomic E-state index is 0.0508. The van der Waals surface area contributed by atoms with Gasteiger partial charge < -0.3 is 20.1 Å². The number of rotatable bonds is 10. The number of hydrogen-bond acceptors (Lipinski definition) is 4. The highest BCUT2D eigenvalue weighted by atomic mass is 16.5. The van der Waals surface area contributed by atoms with Crippen molar-refractivity contribution in [3.63, 3.8) is 0 Å². The van der Waals surface area contributed by atoms with E-state index >= 15 is 0 Å². The zero-order valence-electron chi connectivity index (χ0n) is 23.3. The van der Waals surface area contributed by atoms with E-state index in [9.17, 15) is 14.7 Å². The predicted molar refractivity (Wildman–Crippen MR) is 152 cm³/mol. The van der Waals surface area contributed by atoms with Crippen LogP contribution in [0.2, 0.25) is 0 Å². The highest BCUT2D eigenvalue weighted by Gasteiger charge is 2.30. The number of hydrogen-bond donors (Lipinski definition) is 2. The summed E-state index contributed by atoms with van der Waals surface area (Å²) in [5.74, 6) is -0.166. The normalized spacial score (nSPS) is 18.6. The highest BCUT2D eigenvalue weighted by Crippen LogP contribution is 2.38. The Bertz CT molecular complexity index is 1110. The maximum atomic E-state index is 13.4. The van der Waals surface area contributed by atoms with E-state index in [1.807, 2.05) is 6.92 Å². The molecule has 2 fully saturated rings. The number of amides is 1. The van der Waals surface area contributed by atoms with Crippen LogP contribution >= 0.6 is 0 Å². The molecular formula is C32H44N2O4. The lowest BCUT2D eigenvalue weighted by molar-refractivity contribution is -0.121. The molecule has 1 unspecified atom stereocenters. The predicted octanol–water partition coefficient (Wildman–Crippen LogP) is 6.78. The SMILES string of the molecule is CCOc1cc(CC(=O)NC(CC2CCCCC2)c2ccccc2N2CCCC(C)(C)C2)ccc1C(=O)O. The molecule has 6 heteroatoms. The van der Waals surface area contributed by atoms with Crippen molar-refractivity contribution in [2.45, 2.75) is 84.6 Å². The Morgan fingerprint density at radius 2 is 1.87 bits per heavy atom. The van der Waals surface area contributed by atoms with Gasteiger partial charge in [0.1, 0.15) is 11.3 Å². The molecule has 0 spiro atoms. The van der Waals surface area contributed by atoms with Crippen LogP contribution in [0.1, 0.15) is 99.7 Å². The Kier molecular flexibility index (Phi) is 9.35. The first-order chi connectivity index (χ1) is 18.3. The number of carboxylic acids is 1. The number of nitrogens with one attached hydrogen (secondary N) is 1. The number of nitrogens with zero attached hydrogens (tertiary/aromatic N) is 1. The molecule has 1 atom stereocenters. The number of ether oxygens (including phenoxy) is 1. The van der Waals surface area contributed by atoms with Gasteiger partial charge >= 0.3 is 5.97 Å². The van der Waals surface area contributed by atoms with Crippen LogP contribution in [0, 0.1) is 11.3 Å². The van der Waals surface area contributed by atoms with Gasteiger partial charge in [-0.1, -0.05) is 70.2 Å². The molecule has 2 aromatic rings. The van der Waals surface area contributed by atoms with Gasteiger partial charge in [0.05, 0.1) is 19.1 Å². The molecule has 1 heterocycles. The summed E-state index contributed by atoms with van der Waals surface area (Å²) < 4.78 is 5.55. The maximum Gasteiger partial charge on any atom is 0.339 e. The third kappa shape index (κ3) is 7.30. The van der Waals surface area contributed by atoms with Gasteiger partial charge in [-0.15, -0.1) is 0 Å². The Morgan fingerprint density at radius 1 is 1.11 bits per heavy atom. The van der Waals surface area contributed by atoms with Gasteiger partial charge in [-0.3, -0.25) is 4.79 Å². The van der Waals surface area contributed by atoms with E-state index in [0.29, 0.717) is 18.3 Å². The van der Waals surface area contributed by atoms with Crippen molar-refractivity contribution in [2.24, 2.45) is 11.3 Å². The van der Waals surface area contributed by atoms with E-state index in [-0.39, 0.29) is 29.3 Å². The molecule has 0 radical (unpaired) electrons. The van der Waals surface area contributed by atoms with Crippen molar-refractivity contribution < 1.29 is 19.4 Å². The molecule has 4 rings (SSSR count). The summed E-state index contributed by atoms with van der Waals surface area (Å²) >= 11 is 0. The summed E-state index contributed by atoms with van der Waals surface area (Å²) in [4.78, 5) is 27.5. The Labute approximate surface area is 227 Å². The summed E-state index contributed by atoms with van der Waals surface area (Å²) in [6.07, 6.45) is 9.82. The van der Waals surface area contributed by atoms with Gasteiger partial charge in [-0.05, 0) is 66.8 Å². The molecular weight excluding hydrogens is 476 g/mol. The monoisotopic (exact) mass is 520 g/mol. The van der Waals surface area contributed by atoms with Gasteiger partial charge in [-0.25, -0.2) is 4.79 Å². The third-order valence-electron chi connectivity index (χ3n) is 8.12. The molecule has 1 aliphatic carbocycles. The Morgan fingerprint density at radius 3 is 2.58 bits per heavy atom. The summed E-state index contributed by atoms with van der Waals surface area (Å²) in [6.45, 7) is 8.93. The number of piperidine rings is 1. The van der Waals surface area contributed by atoms with Crippen LogP contribution in [0.3, 0.4) is 0 Å². The maximum absolute atomic E-state index is 13.4. The summed E-state index contributed by atoms with van der Waals surface area (Å²) in [5.41, 5.74) is 3.59. The second kappa shape index (κ2) is 12.7. The number of para-hydroxylation sites is 1. The molecule has 2 aliphatic rings. The fourth-order valence-electron chi connectivity index (χ4n) is 6.28. The van der Waals surface area contributed by atoms with Crippen LogP contribution in [-0.2, 0) is 11.2 Å². The topological polar surface area (TPSA) is 78.9 Å². The average Bonchev–Trinajstić information content (AvgIpc) is 2.88. The molecule has 0 aromatic heterocycles. The quantitative estimate of drug-likeness (QED) is 0.361. The zero-order valence-corrected chi connectivity index (χ0v) is 23.3. The van der Waals surface area contributed by atoms with Crippen LogP contribution in [0.5, 0.6) is 5.75 Å². The zero-order chi connectivity index (χ0) is 27.1. The number of benzene rings is 2. The molecule has 1 saturated carbocycles.